The molecule has 7 nitrogen and oxygen atoms in total. The molecule has 0 bridgehead atoms. The van der Waals surface area contributed by atoms with Crippen molar-refractivity contribution in [3.05, 3.63) is 39.8 Å². The third kappa shape index (κ3) is 3.48. The third-order valence-corrected chi connectivity index (χ3v) is 4.32. The summed E-state index contributed by atoms with van der Waals surface area (Å²) in [7, 11) is 3.83. The van der Waals surface area contributed by atoms with Gasteiger partial charge in [-0.1, -0.05) is 0 Å². The molecule has 1 atom stereocenters. The average molecular weight is 359 g/mol. The van der Waals surface area contributed by atoms with Crippen LogP contribution in [0, 0.1) is 17.1 Å². The van der Waals surface area contributed by atoms with Crippen LogP contribution in [0.15, 0.2) is 16.9 Å². The van der Waals surface area contributed by atoms with E-state index < -0.39 is 5.82 Å². The van der Waals surface area contributed by atoms with E-state index in [0.717, 1.165) is 23.6 Å². The maximum absolute atomic E-state index is 14.6. The molecule has 0 amide bonds. The van der Waals surface area contributed by atoms with Crippen molar-refractivity contribution in [2.45, 2.75) is 38.8 Å². The summed E-state index contributed by atoms with van der Waals surface area (Å²) in [5.74, 6) is 0.233. The van der Waals surface area contributed by atoms with Gasteiger partial charge in [0.1, 0.15) is 29.4 Å². The monoisotopic (exact) mass is 359 g/mol. The van der Waals surface area contributed by atoms with Crippen LogP contribution in [-0.4, -0.2) is 46.0 Å². The number of fused-ring (bicyclic) bond motifs is 1. The molecule has 0 unspecified atom stereocenters. The minimum Gasteiger partial charge on any atom is -0.488 e. The first-order chi connectivity index (χ1) is 12.4. The molecule has 0 radical (unpaired) electrons. The van der Waals surface area contributed by atoms with E-state index in [9.17, 15) is 14.4 Å². The number of benzene rings is 1. The molecule has 2 heterocycles. The zero-order valence-electron chi connectivity index (χ0n) is 15.2. The summed E-state index contributed by atoms with van der Waals surface area (Å²) in [6, 6.07) is 4.43. The Balaban J connectivity index is 2.03. The first kappa shape index (κ1) is 18.1. The highest BCUT2D eigenvalue weighted by atomic mass is 19.1. The number of hydrogen-bond donors (Lipinski definition) is 0. The van der Waals surface area contributed by atoms with E-state index >= 15 is 0 Å². The molecule has 0 N–H and O–H groups in total. The summed E-state index contributed by atoms with van der Waals surface area (Å²) in [6.07, 6.45) is 2.36. The van der Waals surface area contributed by atoms with Gasteiger partial charge in [-0.25, -0.2) is 9.18 Å². The van der Waals surface area contributed by atoms with Crippen molar-refractivity contribution in [2.24, 2.45) is 0 Å². The van der Waals surface area contributed by atoms with Crippen molar-refractivity contribution in [1.82, 2.24) is 19.2 Å². The van der Waals surface area contributed by atoms with E-state index in [1.807, 2.05) is 32.0 Å². The van der Waals surface area contributed by atoms with Crippen LogP contribution in [0.5, 0.6) is 5.75 Å². The summed E-state index contributed by atoms with van der Waals surface area (Å²) >= 11 is 0. The van der Waals surface area contributed by atoms with E-state index in [0.29, 0.717) is 25.3 Å². The molecule has 1 aromatic heterocycles. The molecular formula is C18H22FN5O2. The third-order valence-electron chi connectivity index (χ3n) is 4.32. The Kier molecular flexibility index (Phi) is 5.09. The van der Waals surface area contributed by atoms with Crippen LogP contribution >= 0.6 is 0 Å². The van der Waals surface area contributed by atoms with Gasteiger partial charge in [-0.2, -0.15) is 9.94 Å². The summed E-state index contributed by atoms with van der Waals surface area (Å²) in [5, 5.41) is 13.6. The van der Waals surface area contributed by atoms with Crippen LogP contribution in [0.4, 0.5) is 4.39 Å². The number of aryl methyl sites for hydroxylation is 1. The molecule has 1 aromatic carbocycles. The molecular weight excluding hydrogens is 337 g/mol. The quantitative estimate of drug-likeness (QED) is 0.812. The largest absolute Gasteiger partial charge is 0.488 e. The molecule has 1 aliphatic rings. The second-order valence-electron chi connectivity index (χ2n) is 6.82. The molecule has 0 fully saturated rings. The summed E-state index contributed by atoms with van der Waals surface area (Å²) in [4.78, 5) is 14.5. The molecule has 8 heteroatoms. The van der Waals surface area contributed by atoms with Crippen molar-refractivity contribution in [2.75, 3.05) is 20.6 Å². The van der Waals surface area contributed by atoms with Crippen LogP contribution in [0.2, 0.25) is 0 Å². The maximum Gasteiger partial charge on any atom is 0.350 e. The Hall–Kier alpha value is -2.66. The maximum atomic E-state index is 14.6. The van der Waals surface area contributed by atoms with E-state index in [2.05, 4.69) is 5.10 Å². The second-order valence-corrected chi connectivity index (χ2v) is 6.82. The van der Waals surface area contributed by atoms with Gasteiger partial charge < -0.3 is 9.64 Å². The zero-order chi connectivity index (χ0) is 18.8. The Morgan fingerprint density at radius 3 is 2.85 bits per heavy atom. The van der Waals surface area contributed by atoms with Crippen molar-refractivity contribution in [1.29, 1.82) is 5.26 Å². The predicted octanol–water partition coefficient (Wildman–Crippen LogP) is 1.71. The number of halogens is 1. The number of hydrogen-bond acceptors (Lipinski definition) is 5. The van der Waals surface area contributed by atoms with Crippen LogP contribution in [0.1, 0.15) is 31.2 Å². The number of rotatable bonds is 5. The van der Waals surface area contributed by atoms with Crippen LogP contribution < -0.4 is 10.4 Å². The highest BCUT2D eigenvalue weighted by Gasteiger charge is 2.21. The molecule has 0 spiro atoms. The fourth-order valence-corrected chi connectivity index (χ4v) is 3.21. The minimum atomic E-state index is -0.674. The number of nitriles is 1. The van der Waals surface area contributed by atoms with E-state index in [1.54, 1.807) is 4.57 Å². The lowest BCUT2D eigenvalue weighted by atomic mass is 10.2. The smallest absolute Gasteiger partial charge is 0.350 e. The van der Waals surface area contributed by atoms with Gasteiger partial charge in [0.05, 0.1) is 5.56 Å². The topological polar surface area (TPSA) is 76.1 Å². The minimum absolute atomic E-state index is 0.00273. The second kappa shape index (κ2) is 7.30. The lowest BCUT2D eigenvalue weighted by Gasteiger charge is -2.20. The van der Waals surface area contributed by atoms with Gasteiger partial charge in [0, 0.05) is 25.6 Å². The van der Waals surface area contributed by atoms with Gasteiger partial charge in [0.2, 0.25) is 0 Å². The Labute approximate surface area is 151 Å². The van der Waals surface area contributed by atoms with E-state index in [1.165, 1.54) is 6.07 Å². The first-order valence-corrected chi connectivity index (χ1v) is 8.65. The van der Waals surface area contributed by atoms with Gasteiger partial charge in [-0.05, 0) is 39.9 Å². The normalized spacial score (nSPS) is 14.8. The highest BCUT2D eigenvalue weighted by molar-refractivity contribution is 5.51. The number of ether oxygens (including phenoxy) is 1. The van der Waals surface area contributed by atoms with Crippen LogP contribution in [0.3, 0.4) is 0 Å². The molecule has 0 saturated carbocycles. The number of nitrogens with zero attached hydrogens (tertiary/aromatic N) is 5. The zero-order valence-corrected chi connectivity index (χ0v) is 15.2. The summed E-state index contributed by atoms with van der Waals surface area (Å²) in [5.41, 5.74) is -0.271. The molecule has 0 aliphatic carbocycles. The van der Waals surface area contributed by atoms with Crippen molar-refractivity contribution >= 4 is 0 Å². The lowest BCUT2D eigenvalue weighted by Crippen LogP contribution is -2.28. The first-order valence-electron chi connectivity index (χ1n) is 8.65. The standard InChI is InChI=1S/C18H22FN5O2/c1-12(11-22(2)3)26-16-9-15(14(19)8-13(16)10-20)24-18(25)23-7-5-4-6-17(23)21-24/h8-9,12H,4-7,11H2,1-3H3/t12-/m0/s1. The van der Waals surface area contributed by atoms with Crippen LogP contribution in [-0.2, 0) is 13.0 Å². The Bertz CT molecular complexity index is 910. The summed E-state index contributed by atoms with van der Waals surface area (Å²) in [6.45, 7) is 3.09. The molecule has 138 valence electrons. The number of likely N-dealkylation sites (N-methyl/N-ethyl adjacent to an activating group) is 1. The Morgan fingerprint density at radius 1 is 1.42 bits per heavy atom. The van der Waals surface area contributed by atoms with Gasteiger partial charge in [0.15, 0.2) is 5.82 Å². The van der Waals surface area contributed by atoms with Crippen molar-refractivity contribution in [3.8, 4) is 17.5 Å². The van der Waals surface area contributed by atoms with Crippen molar-refractivity contribution < 1.29 is 9.13 Å². The Morgan fingerprint density at radius 2 is 2.19 bits per heavy atom. The lowest BCUT2D eigenvalue weighted by molar-refractivity contribution is 0.176. The van der Waals surface area contributed by atoms with Gasteiger partial charge in [0.25, 0.3) is 0 Å². The van der Waals surface area contributed by atoms with Gasteiger partial charge in [-0.3, -0.25) is 4.57 Å². The molecule has 0 saturated heterocycles. The SMILES string of the molecule is C[C@@H](CN(C)C)Oc1cc(-n2nc3n(c2=O)CCCC3)c(F)cc1C#N. The average Bonchev–Trinajstić information content (AvgIpc) is 2.92. The van der Waals surface area contributed by atoms with Gasteiger partial charge in [-0.15, -0.1) is 5.10 Å². The fraction of sp³-hybridized carbons (Fsp3) is 0.500. The molecule has 3 rings (SSSR count). The fourth-order valence-electron chi connectivity index (χ4n) is 3.21. The summed E-state index contributed by atoms with van der Waals surface area (Å²) < 4.78 is 23.0. The number of aromatic nitrogens is 3. The van der Waals surface area contributed by atoms with Crippen molar-refractivity contribution in [3.63, 3.8) is 0 Å². The molecule has 2 aromatic rings. The highest BCUT2D eigenvalue weighted by Crippen LogP contribution is 2.26. The van der Waals surface area contributed by atoms with Gasteiger partial charge >= 0.3 is 5.69 Å². The van der Waals surface area contributed by atoms with E-state index in [4.69, 9.17) is 4.74 Å². The van der Waals surface area contributed by atoms with Crippen LogP contribution in [0.25, 0.3) is 5.69 Å². The molecule has 1 aliphatic heterocycles. The molecule has 26 heavy (non-hydrogen) atoms. The predicted molar refractivity (Wildman–Crippen MR) is 94.1 cm³/mol. The van der Waals surface area contributed by atoms with E-state index in [-0.39, 0.29) is 28.8 Å².